The minimum Gasteiger partial charge on any atom is -0.321 e. The summed E-state index contributed by atoms with van der Waals surface area (Å²) in [4.78, 5) is 12.2. The third-order valence-corrected chi connectivity index (χ3v) is 3.98. The van der Waals surface area contributed by atoms with Crippen molar-refractivity contribution in [3.05, 3.63) is 61.5 Å². The smallest absolute Gasteiger partial charge is 0.255 e. The molecule has 0 atom stereocenters. The monoisotopic (exact) mass is 371 g/mol. The average Bonchev–Trinajstić information content (AvgIpc) is 2.34. The van der Waals surface area contributed by atoms with Crippen LogP contribution in [0.15, 0.2) is 34.8 Å². The van der Waals surface area contributed by atoms with Crippen molar-refractivity contribution in [3.63, 3.8) is 0 Å². The Labute approximate surface area is 136 Å². The number of carbonyl (C=O) groups excluding carboxylic acids is 1. The summed E-state index contributed by atoms with van der Waals surface area (Å²) in [6.07, 6.45) is 0. The van der Waals surface area contributed by atoms with Crippen LogP contribution in [-0.4, -0.2) is 5.91 Å². The van der Waals surface area contributed by atoms with Gasteiger partial charge in [0.1, 0.15) is 0 Å². The van der Waals surface area contributed by atoms with E-state index in [1.165, 1.54) is 0 Å². The fourth-order valence-electron chi connectivity index (χ4n) is 1.80. The number of hydrogen-bond donors (Lipinski definition) is 1. The molecule has 0 heterocycles. The van der Waals surface area contributed by atoms with Crippen molar-refractivity contribution in [2.45, 2.75) is 13.8 Å². The molecule has 2 aromatic rings. The molecule has 0 saturated carbocycles. The van der Waals surface area contributed by atoms with Crippen molar-refractivity contribution in [1.82, 2.24) is 0 Å². The molecule has 0 aliphatic carbocycles. The third kappa shape index (κ3) is 3.54. The van der Waals surface area contributed by atoms with E-state index in [9.17, 15) is 4.79 Å². The van der Waals surface area contributed by atoms with E-state index in [0.29, 0.717) is 21.3 Å². The minimum atomic E-state index is -0.226. The van der Waals surface area contributed by atoms with Gasteiger partial charge in [0.25, 0.3) is 5.91 Å². The van der Waals surface area contributed by atoms with Crippen LogP contribution in [-0.2, 0) is 0 Å². The molecule has 104 valence electrons. The first-order valence-corrected chi connectivity index (χ1v) is 7.46. The SMILES string of the molecule is Cc1cc(Br)cc(C(=O)Nc2cc(Cl)c(C)cc2Cl)c1. The van der Waals surface area contributed by atoms with E-state index in [-0.39, 0.29) is 5.91 Å². The van der Waals surface area contributed by atoms with Crippen LogP contribution in [0, 0.1) is 13.8 Å². The minimum absolute atomic E-state index is 0.226. The Bertz CT molecular complexity index is 666. The van der Waals surface area contributed by atoms with Gasteiger partial charge in [-0.15, -0.1) is 0 Å². The summed E-state index contributed by atoms with van der Waals surface area (Å²) in [7, 11) is 0. The quantitative estimate of drug-likeness (QED) is 0.727. The van der Waals surface area contributed by atoms with E-state index in [1.807, 2.05) is 26.0 Å². The fourth-order valence-corrected chi connectivity index (χ4v) is 2.84. The van der Waals surface area contributed by atoms with Gasteiger partial charge in [-0.2, -0.15) is 0 Å². The number of nitrogens with one attached hydrogen (secondary N) is 1. The predicted molar refractivity (Wildman–Crippen MR) is 88.0 cm³/mol. The Morgan fingerprint density at radius 2 is 1.75 bits per heavy atom. The first-order chi connectivity index (χ1) is 9.36. The van der Waals surface area contributed by atoms with Gasteiger partial charge in [-0.1, -0.05) is 39.1 Å². The maximum absolute atomic E-state index is 12.2. The van der Waals surface area contributed by atoms with Crippen molar-refractivity contribution in [2.75, 3.05) is 5.32 Å². The van der Waals surface area contributed by atoms with E-state index >= 15 is 0 Å². The highest BCUT2D eigenvalue weighted by atomic mass is 79.9. The Morgan fingerprint density at radius 1 is 1.05 bits per heavy atom. The van der Waals surface area contributed by atoms with Gasteiger partial charge in [0.05, 0.1) is 10.7 Å². The lowest BCUT2D eigenvalue weighted by atomic mass is 10.1. The maximum atomic E-state index is 12.2. The molecule has 0 spiro atoms. The van der Waals surface area contributed by atoms with E-state index in [0.717, 1.165) is 15.6 Å². The molecular formula is C15H12BrCl2NO. The number of amides is 1. The predicted octanol–water partition coefficient (Wildman–Crippen LogP) is 5.63. The molecule has 0 radical (unpaired) electrons. The van der Waals surface area contributed by atoms with Gasteiger partial charge in [-0.05, 0) is 55.3 Å². The summed E-state index contributed by atoms with van der Waals surface area (Å²) in [5.41, 5.74) is 2.93. The molecule has 0 aromatic heterocycles. The lowest BCUT2D eigenvalue weighted by Crippen LogP contribution is -2.12. The number of hydrogen-bond acceptors (Lipinski definition) is 1. The Hall–Kier alpha value is -1.03. The van der Waals surface area contributed by atoms with E-state index in [4.69, 9.17) is 23.2 Å². The van der Waals surface area contributed by atoms with Gasteiger partial charge in [-0.3, -0.25) is 4.79 Å². The third-order valence-electron chi connectivity index (χ3n) is 2.80. The van der Waals surface area contributed by atoms with Crippen LogP contribution in [0.3, 0.4) is 0 Å². The molecular weight excluding hydrogens is 361 g/mol. The lowest BCUT2D eigenvalue weighted by molar-refractivity contribution is 0.102. The Kier molecular flexibility index (Phi) is 4.74. The largest absolute Gasteiger partial charge is 0.321 e. The summed E-state index contributed by atoms with van der Waals surface area (Å²) in [5, 5.41) is 3.80. The van der Waals surface area contributed by atoms with Gasteiger partial charge in [0, 0.05) is 15.1 Å². The van der Waals surface area contributed by atoms with Crippen LogP contribution in [0.5, 0.6) is 0 Å². The first kappa shape index (κ1) is 15.4. The molecule has 0 aliphatic rings. The highest BCUT2D eigenvalue weighted by Crippen LogP contribution is 2.29. The molecule has 0 bridgehead atoms. The fraction of sp³-hybridized carbons (Fsp3) is 0.133. The number of carbonyl (C=O) groups is 1. The summed E-state index contributed by atoms with van der Waals surface area (Å²) in [5.74, 6) is -0.226. The highest BCUT2D eigenvalue weighted by molar-refractivity contribution is 9.10. The summed E-state index contributed by atoms with van der Waals surface area (Å²) in [6.45, 7) is 3.79. The van der Waals surface area contributed by atoms with E-state index < -0.39 is 0 Å². The second-order valence-electron chi connectivity index (χ2n) is 4.55. The van der Waals surface area contributed by atoms with Crippen molar-refractivity contribution in [3.8, 4) is 0 Å². The molecule has 0 aliphatic heterocycles. The molecule has 2 nitrogen and oxygen atoms in total. The lowest BCUT2D eigenvalue weighted by Gasteiger charge is -2.10. The number of rotatable bonds is 2. The van der Waals surface area contributed by atoms with E-state index in [1.54, 1.807) is 18.2 Å². The second kappa shape index (κ2) is 6.17. The van der Waals surface area contributed by atoms with Crippen LogP contribution in [0.25, 0.3) is 0 Å². The standard InChI is InChI=1S/C15H12BrCl2NO/c1-8-3-10(6-11(16)4-8)15(20)19-14-7-12(17)9(2)5-13(14)18/h3-7H,1-2H3,(H,19,20). The van der Waals surface area contributed by atoms with Crippen molar-refractivity contribution < 1.29 is 4.79 Å². The summed E-state index contributed by atoms with van der Waals surface area (Å²) < 4.78 is 0.857. The van der Waals surface area contributed by atoms with E-state index in [2.05, 4.69) is 21.2 Å². The van der Waals surface area contributed by atoms with Gasteiger partial charge in [0.15, 0.2) is 0 Å². The number of halogens is 3. The normalized spacial score (nSPS) is 10.4. The van der Waals surface area contributed by atoms with Gasteiger partial charge < -0.3 is 5.32 Å². The number of aryl methyl sites for hydroxylation is 2. The average molecular weight is 373 g/mol. The molecule has 20 heavy (non-hydrogen) atoms. The molecule has 2 rings (SSSR count). The van der Waals surface area contributed by atoms with Crippen LogP contribution >= 0.6 is 39.1 Å². The Morgan fingerprint density at radius 3 is 2.40 bits per heavy atom. The Balaban J connectivity index is 2.30. The molecule has 5 heteroatoms. The zero-order valence-corrected chi connectivity index (χ0v) is 14.0. The van der Waals surface area contributed by atoms with Crippen LogP contribution in [0.1, 0.15) is 21.5 Å². The molecule has 2 aromatic carbocycles. The molecule has 1 N–H and O–H groups in total. The maximum Gasteiger partial charge on any atom is 0.255 e. The number of anilines is 1. The summed E-state index contributed by atoms with van der Waals surface area (Å²) in [6, 6.07) is 8.88. The highest BCUT2D eigenvalue weighted by Gasteiger charge is 2.11. The number of benzene rings is 2. The summed E-state index contributed by atoms with van der Waals surface area (Å²) >= 11 is 15.5. The van der Waals surface area contributed by atoms with Crippen LogP contribution in [0.2, 0.25) is 10.0 Å². The van der Waals surface area contributed by atoms with Gasteiger partial charge in [0.2, 0.25) is 0 Å². The second-order valence-corrected chi connectivity index (χ2v) is 6.28. The van der Waals surface area contributed by atoms with Gasteiger partial charge in [-0.25, -0.2) is 0 Å². The van der Waals surface area contributed by atoms with Gasteiger partial charge >= 0.3 is 0 Å². The van der Waals surface area contributed by atoms with Crippen molar-refractivity contribution >= 4 is 50.7 Å². The molecule has 1 amide bonds. The topological polar surface area (TPSA) is 29.1 Å². The van der Waals surface area contributed by atoms with Crippen molar-refractivity contribution in [2.24, 2.45) is 0 Å². The molecule has 0 fully saturated rings. The van der Waals surface area contributed by atoms with Crippen LogP contribution < -0.4 is 5.32 Å². The zero-order chi connectivity index (χ0) is 14.9. The van der Waals surface area contributed by atoms with Crippen LogP contribution in [0.4, 0.5) is 5.69 Å². The van der Waals surface area contributed by atoms with Crippen molar-refractivity contribution in [1.29, 1.82) is 0 Å². The molecule has 0 saturated heterocycles. The molecule has 0 unspecified atom stereocenters. The first-order valence-electron chi connectivity index (χ1n) is 5.91. The zero-order valence-electron chi connectivity index (χ0n) is 10.9.